The standard InChI is InChI=1S/C27H36ClN3OS.C5H12.C2H2/c1-6-12-29-13-11-17(2)16-31-18(3)14-24-25(21-7-9-22(28)10-8-21)23(15-19(4)32)20(5)26(30-33)27(24)31;1-5(2,3)4;1-2/h7-10,14,17,29-30,33H,6,11-13,15-16H2,1-5H3;1-4H3;1-2H. The number of terminal acetylenes is 1. The van der Waals surface area contributed by atoms with Crippen molar-refractivity contribution in [3.63, 3.8) is 0 Å². The fraction of sp³-hybridized carbons (Fsp3) is 0.500. The van der Waals surface area contributed by atoms with Crippen LogP contribution in [0.1, 0.15) is 78.1 Å². The van der Waals surface area contributed by atoms with Crippen LogP contribution in [0.3, 0.4) is 0 Å². The third-order valence-electron chi connectivity index (χ3n) is 6.34. The number of rotatable bonds is 11. The van der Waals surface area contributed by atoms with Gasteiger partial charge < -0.3 is 14.6 Å². The minimum Gasteiger partial charge on any atom is -0.343 e. The first-order chi connectivity index (χ1) is 18.8. The second kappa shape index (κ2) is 16.8. The van der Waals surface area contributed by atoms with Crippen LogP contribution in [0.2, 0.25) is 5.02 Å². The lowest BCUT2D eigenvalue weighted by atomic mass is 9.88. The van der Waals surface area contributed by atoms with E-state index in [-0.39, 0.29) is 5.78 Å². The van der Waals surface area contributed by atoms with Crippen molar-refractivity contribution in [2.24, 2.45) is 11.3 Å². The fourth-order valence-corrected chi connectivity index (χ4v) is 5.06. The SMILES string of the molecule is C#C.CC(C)(C)C.CCCNCCC(C)Cn1c(C)cc2c(-c3ccc(Cl)cc3)c(CC(C)=O)c(C)c(NS)c21. The molecule has 0 radical (unpaired) electrons. The molecule has 220 valence electrons. The predicted octanol–water partition coefficient (Wildman–Crippen LogP) is 9.29. The van der Waals surface area contributed by atoms with Gasteiger partial charge in [0, 0.05) is 29.1 Å². The molecule has 3 aromatic rings. The Labute approximate surface area is 254 Å². The predicted molar refractivity (Wildman–Crippen MR) is 181 cm³/mol. The highest BCUT2D eigenvalue weighted by Gasteiger charge is 2.23. The summed E-state index contributed by atoms with van der Waals surface area (Å²) in [7, 11) is 0. The summed E-state index contributed by atoms with van der Waals surface area (Å²) in [6.45, 7) is 22.2. The van der Waals surface area contributed by atoms with Crippen molar-refractivity contribution in [3.05, 3.63) is 52.2 Å². The Morgan fingerprint density at radius 3 is 2.17 bits per heavy atom. The van der Waals surface area contributed by atoms with Crippen molar-refractivity contribution in [3.8, 4) is 24.0 Å². The van der Waals surface area contributed by atoms with Gasteiger partial charge in [-0.3, -0.25) is 4.79 Å². The second-order valence-corrected chi connectivity index (χ2v) is 12.8. The molecule has 2 aromatic carbocycles. The number of hydrogen-bond donors (Lipinski definition) is 3. The van der Waals surface area contributed by atoms with Gasteiger partial charge in [0.1, 0.15) is 5.78 Å². The number of aryl methyl sites for hydroxylation is 1. The highest BCUT2D eigenvalue weighted by molar-refractivity contribution is 7.81. The highest BCUT2D eigenvalue weighted by Crippen LogP contribution is 2.42. The molecule has 0 saturated heterocycles. The van der Waals surface area contributed by atoms with Gasteiger partial charge in [-0.05, 0) is 98.5 Å². The number of fused-ring (bicyclic) bond motifs is 1. The molecule has 0 bridgehead atoms. The molecule has 6 heteroatoms. The van der Waals surface area contributed by atoms with Crippen LogP contribution in [0.15, 0.2) is 30.3 Å². The van der Waals surface area contributed by atoms with Crippen LogP contribution < -0.4 is 10.0 Å². The Morgan fingerprint density at radius 2 is 1.68 bits per heavy atom. The van der Waals surface area contributed by atoms with E-state index in [0.29, 0.717) is 22.8 Å². The van der Waals surface area contributed by atoms with E-state index in [4.69, 9.17) is 11.6 Å². The zero-order chi connectivity index (χ0) is 30.6. The second-order valence-electron chi connectivity index (χ2n) is 12.2. The van der Waals surface area contributed by atoms with E-state index < -0.39 is 0 Å². The van der Waals surface area contributed by atoms with E-state index in [0.717, 1.165) is 71.3 Å². The molecular weight excluding hydrogens is 534 g/mol. The number of halogens is 1. The number of carbonyl (C=O) groups is 1. The molecule has 4 nitrogen and oxygen atoms in total. The number of thiol groups is 1. The van der Waals surface area contributed by atoms with Crippen molar-refractivity contribution in [2.75, 3.05) is 17.8 Å². The molecule has 40 heavy (non-hydrogen) atoms. The largest absolute Gasteiger partial charge is 0.343 e. The number of Topliss-reactive ketones (excluding diaryl/α,β-unsaturated/α-hetero) is 1. The summed E-state index contributed by atoms with van der Waals surface area (Å²) >= 11 is 10.7. The average Bonchev–Trinajstić information content (AvgIpc) is 3.18. The lowest BCUT2D eigenvalue weighted by molar-refractivity contribution is -0.116. The zero-order valence-electron chi connectivity index (χ0n) is 26.0. The molecule has 2 N–H and O–H groups in total. The van der Waals surface area contributed by atoms with E-state index in [2.05, 4.69) is 102 Å². The number of benzene rings is 2. The number of nitrogens with one attached hydrogen (secondary N) is 2. The van der Waals surface area contributed by atoms with E-state index in [1.165, 1.54) is 5.69 Å². The molecule has 1 atom stereocenters. The van der Waals surface area contributed by atoms with Gasteiger partial charge in [0.2, 0.25) is 0 Å². The maximum Gasteiger partial charge on any atom is 0.134 e. The van der Waals surface area contributed by atoms with Crippen LogP contribution in [0, 0.1) is 38.0 Å². The first-order valence-corrected chi connectivity index (χ1v) is 15.0. The maximum atomic E-state index is 12.2. The first-order valence-electron chi connectivity index (χ1n) is 14.1. The molecule has 0 saturated carbocycles. The molecule has 3 rings (SSSR count). The monoisotopic (exact) mass is 583 g/mol. The van der Waals surface area contributed by atoms with Gasteiger partial charge in [-0.15, -0.1) is 12.8 Å². The van der Waals surface area contributed by atoms with E-state index in [9.17, 15) is 4.79 Å². The molecule has 0 aliphatic heterocycles. The van der Waals surface area contributed by atoms with E-state index in [1.807, 2.05) is 24.3 Å². The van der Waals surface area contributed by atoms with Gasteiger partial charge in [0.25, 0.3) is 0 Å². The Hall–Kier alpha value is -2.39. The lowest BCUT2D eigenvalue weighted by Crippen LogP contribution is -2.20. The number of carbonyl (C=O) groups excluding carboxylic acids is 1. The van der Waals surface area contributed by atoms with Crippen LogP contribution in [0.5, 0.6) is 0 Å². The Morgan fingerprint density at radius 1 is 1.10 bits per heavy atom. The minimum absolute atomic E-state index is 0.141. The molecule has 0 spiro atoms. The van der Waals surface area contributed by atoms with Crippen LogP contribution in [-0.2, 0) is 17.8 Å². The van der Waals surface area contributed by atoms with Gasteiger partial charge >= 0.3 is 0 Å². The normalized spacial score (nSPS) is 11.7. The topological polar surface area (TPSA) is 46.1 Å². The molecule has 0 aliphatic rings. The molecule has 0 amide bonds. The summed E-state index contributed by atoms with van der Waals surface area (Å²) in [5.41, 5.74) is 8.12. The van der Waals surface area contributed by atoms with Crippen molar-refractivity contribution in [2.45, 2.75) is 88.1 Å². The number of ketones is 1. The molecule has 0 aliphatic carbocycles. The van der Waals surface area contributed by atoms with Crippen LogP contribution in [0.4, 0.5) is 5.69 Å². The quantitative estimate of drug-likeness (QED) is 0.120. The molecule has 1 unspecified atom stereocenters. The number of nitrogens with zero attached hydrogens (tertiary/aromatic N) is 1. The van der Waals surface area contributed by atoms with Crippen LogP contribution in [-0.4, -0.2) is 23.4 Å². The van der Waals surface area contributed by atoms with Crippen molar-refractivity contribution in [1.29, 1.82) is 0 Å². The average molecular weight is 584 g/mol. The van der Waals surface area contributed by atoms with Gasteiger partial charge in [-0.1, -0.05) is 78.1 Å². The summed E-state index contributed by atoms with van der Waals surface area (Å²) in [5.74, 6) is 0.662. The van der Waals surface area contributed by atoms with Crippen LogP contribution in [0.25, 0.3) is 22.0 Å². The minimum atomic E-state index is 0.141. The Balaban J connectivity index is 0.00000103. The Kier molecular flexibility index (Phi) is 14.9. The van der Waals surface area contributed by atoms with Gasteiger partial charge in [0.05, 0.1) is 11.2 Å². The molecule has 1 aromatic heterocycles. The lowest BCUT2D eigenvalue weighted by Gasteiger charge is -2.21. The number of anilines is 1. The summed E-state index contributed by atoms with van der Waals surface area (Å²) < 4.78 is 5.56. The summed E-state index contributed by atoms with van der Waals surface area (Å²) in [4.78, 5) is 12.2. The molecular formula is C34H50ClN3OS. The summed E-state index contributed by atoms with van der Waals surface area (Å²) in [6, 6.07) is 10.2. The number of aromatic nitrogens is 1. The highest BCUT2D eigenvalue weighted by atomic mass is 35.5. The van der Waals surface area contributed by atoms with Gasteiger partial charge in [0.15, 0.2) is 0 Å². The smallest absolute Gasteiger partial charge is 0.134 e. The molecule has 0 fully saturated rings. The van der Waals surface area contributed by atoms with E-state index >= 15 is 0 Å². The maximum absolute atomic E-state index is 12.2. The van der Waals surface area contributed by atoms with Gasteiger partial charge in [-0.2, -0.15) is 0 Å². The third kappa shape index (κ3) is 10.5. The third-order valence-corrected chi connectivity index (χ3v) is 6.82. The fourth-order valence-electron chi connectivity index (χ4n) is 4.66. The first kappa shape index (κ1) is 35.6. The van der Waals surface area contributed by atoms with Crippen LogP contribution >= 0.6 is 24.4 Å². The van der Waals surface area contributed by atoms with E-state index in [1.54, 1.807) is 6.92 Å². The van der Waals surface area contributed by atoms with Crippen molar-refractivity contribution < 1.29 is 4.79 Å². The van der Waals surface area contributed by atoms with Gasteiger partial charge in [-0.25, -0.2) is 0 Å². The zero-order valence-corrected chi connectivity index (χ0v) is 27.7. The summed E-state index contributed by atoms with van der Waals surface area (Å²) in [5, 5.41) is 5.36. The van der Waals surface area contributed by atoms with Crippen molar-refractivity contribution >= 4 is 46.8 Å². The summed E-state index contributed by atoms with van der Waals surface area (Å²) in [6.07, 6.45) is 10.7. The number of hydrogen-bond acceptors (Lipinski definition) is 4. The van der Waals surface area contributed by atoms with Crippen molar-refractivity contribution in [1.82, 2.24) is 9.88 Å². The molecule has 1 heterocycles. The Bertz CT molecular complexity index is 1250.